The second-order valence-electron chi connectivity index (χ2n) is 7.16. The van der Waals surface area contributed by atoms with Crippen LogP contribution in [0, 0.1) is 23.2 Å². The highest BCUT2D eigenvalue weighted by atomic mass is 16.7. The van der Waals surface area contributed by atoms with Crippen molar-refractivity contribution in [2.75, 3.05) is 26.3 Å². The number of benzene rings is 1. The maximum atomic E-state index is 13.0. The summed E-state index contributed by atoms with van der Waals surface area (Å²) in [5.41, 5.74) is 0.445. The van der Waals surface area contributed by atoms with Gasteiger partial charge in [0.2, 0.25) is 0 Å². The van der Waals surface area contributed by atoms with Crippen LogP contribution in [-0.2, 0) is 14.3 Å². The average molecular weight is 358 g/mol. The molecule has 0 saturated carbocycles. The van der Waals surface area contributed by atoms with Crippen LogP contribution in [0.3, 0.4) is 0 Å². The van der Waals surface area contributed by atoms with E-state index in [4.69, 9.17) is 14.2 Å². The van der Waals surface area contributed by atoms with Crippen LogP contribution in [-0.4, -0.2) is 49.5 Å². The first-order chi connectivity index (χ1) is 12.6. The first kappa shape index (κ1) is 18.7. The lowest BCUT2D eigenvalue weighted by molar-refractivity contribution is -0.145. The van der Waals surface area contributed by atoms with Gasteiger partial charge in [0.15, 0.2) is 12.4 Å². The fourth-order valence-corrected chi connectivity index (χ4v) is 3.49. The van der Waals surface area contributed by atoms with Crippen molar-refractivity contribution in [1.29, 1.82) is 5.26 Å². The van der Waals surface area contributed by atoms with Gasteiger partial charge in [-0.15, -0.1) is 0 Å². The summed E-state index contributed by atoms with van der Waals surface area (Å²) in [5.74, 6) is 0.803. The van der Waals surface area contributed by atoms with Crippen LogP contribution in [0.5, 0.6) is 5.75 Å². The van der Waals surface area contributed by atoms with Crippen LogP contribution in [0.25, 0.3) is 0 Å². The first-order valence-corrected chi connectivity index (χ1v) is 9.28. The zero-order valence-corrected chi connectivity index (χ0v) is 15.4. The Balaban J connectivity index is 1.63. The van der Waals surface area contributed by atoms with Gasteiger partial charge in [0, 0.05) is 19.0 Å². The van der Waals surface area contributed by atoms with Crippen molar-refractivity contribution in [1.82, 2.24) is 4.90 Å². The summed E-state index contributed by atoms with van der Waals surface area (Å²) in [4.78, 5) is 14.9. The minimum Gasteiger partial charge on any atom is -0.479 e. The number of carbonyl (C=O) groups excluding carboxylic acids is 1. The number of hydrogen-bond acceptors (Lipinski definition) is 5. The molecule has 2 aliphatic rings. The topological polar surface area (TPSA) is 71.8 Å². The number of nitrogens with zero attached hydrogens (tertiary/aromatic N) is 2. The fraction of sp³-hybridized carbons (Fsp3) is 0.600. The number of piperidine rings is 1. The highest BCUT2D eigenvalue weighted by molar-refractivity contribution is 5.81. The Morgan fingerprint density at radius 1 is 1.23 bits per heavy atom. The van der Waals surface area contributed by atoms with Crippen LogP contribution in [0.15, 0.2) is 24.3 Å². The minimum atomic E-state index is -0.597. The Labute approximate surface area is 154 Å². The van der Waals surface area contributed by atoms with Crippen molar-refractivity contribution >= 4 is 5.91 Å². The molecule has 2 fully saturated rings. The second-order valence-corrected chi connectivity index (χ2v) is 7.16. The van der Waals surface area contributed by atoms with E-state index >= 15 is 0 Å². The summed E-state index contributed by atoms with van der Waals surface area (Å²) in [6.07, 6.45) is 1.03. The number of para-hydroxylation sites is 1. The molecule has 2 aliphatic heterocycles. The van der Waals surface area contributed by atoms with E-state index in [0.717, 1.165) is 12.8 Å². The van der Waals surface area contributed by atoms with E-state index in [2.05, 4.69) is 6.07 Å². The van der Waals surface area contributed by atoms with E-state index in [9.17, 15) is 10.1 Å². The Hall–Kier alpha value is -2.10. The molecule has 2 heterocycles. The first-order valence-electron chi connectivity index (χ1n) is 9.28. The van der Waals surface area contributed by atoms with Crippen molar-refractivity contribution in [2.45, 2.75) is 39.1 Å². The number of carbonyl (C=O) groups is 1. The standard InChI is InChI=1S/C20H26N2O4/c1-14(2)18(26-17-6-4-3-5-16(17)13-21)19(23)22-9-7-15(8-10-22)20-24-11-12-25-20/h3-6,14-15,18,20H,7-12H2,1-2H3. The van der Waals surface area contributed by atoms with Crippen molar-refractivity contribution in [3.05, 3.63) is 29.8 Å². The summed E-state index contributed by atoms with van der Waals surface area (Å²) < 4.78 is 17.2. The molecule has 1 aromatic rings. The van der Waals surface area contributed by atoms with Crippen LogP contribution in [0.1, 0.15) is 32.3 Å². The number of rotatable bonds is 5. The molecule has 1 amide bonds. The molecule has 6 heteroatoms. The molecular weight excluding hydrogens is 332 g/mol. The van der Waals surface area contributed by atoms with Crippen molar-refractivity contribution in [3.63, 3.8) is 0 Å². The van der Waals surface area contributed by atoms with Gasteiger partial charge in [-0.05, 0) is 30.9 Å². The molecule has 6 nitrogen and oxygen atoms in total. The summed E-state index contributed by atoms with van der Waals surface area (Å²) in [5, 5.41) is 9.24. The largest absolute Gasteiger partial charge is 0.479 e. The molecule has 1 aromatic carbocycles. The predicted molar refractivity (Wildman–Crippen MR) is 95.4 cm³/mol. The lowest BCUT2D eigenvalue weighted by atomic mass is 9.95. The molecular formula is C20H26N2O4. The van der Waals surface area contributed by atoms with E-state index in [-0.39, 0.29) is 18.1 Å². The molecule has 26 heavy (non-hydrogen) atoms. The van der Waals surface area contributed by atoms with Crippen molar-refractivity contribution in [2.24, 2.45) is 11.8 Å². The summed E-state index contributed by atoms with van der Waals surface area (Å²) in [7, 11) is 0. The van der Waals surface area contributed by atoms with E-state index in [0.29, 0.717) is 43.5 Å². The van der Waals surface area contributed by atoms with Gasteiger partial charge in [0.25, 0.3) is 5.91 Å². The second kappa shape index (κ2) is 8.52. The van der Waals surface area contributed by atoms with Crippen LogP contribution in [0.2, 0.25) is 0 Å². The van der Waals surface area contributed by atoms with Gasteiger partial charge in [0.1, 0.15) is 11.8 Å². The third-order valence-corrected chi connectivity index (χ3v) is 4.99. The SMILES string of the molecule is CC(C)C(Oc1ccccc1C#N)C(=O)N1CCC(C2OCCO2)CC1. The number of nitriles is 1. The zero-order valence-electron chi connectivity index (χ0n) is 15.4. The molecule has 0 N–H and O–H groups in total. The summed E-state index contributed by atoms with van der Waals surface area (Å²) in [6, 6.07) is 9.15. The Bertz CT molecular complexity index is 656. The Morgan fingerprint density at radius 2 is 1.88 bits per heavy atom. The molecule has 3 rings (SSSR count). The maximum absolute atomic E-state index is 13.0. The third kappa shape index (κ3) is 4.17. The van der Waals surface area contributed by atoms with E-state index in [1.165, 1.54) is 0 Å². The molecule has 140 valence electrons. The molecule has 0 spiro atoms. The van der Waals surface area contributed by atoms with Gasteiger partial charge < -0.3 is 19.1 Å². The molecule has 0 bridgehead atoms. The van der Waals surface area contributed by atoms with E-state index in [1.807, 2.05) is 24.8 Å². The van der Waals surface area contributed by atoms with Crippen molar-refractivity contribution in [3.8, 4) is 11.8 Å². The van der Waals surface area contributed by atoms with Gasteiger partial charge in [-0.2, -0.15) is 5.26 Å². The Kier molecular flexibility index (Phi) is 6.12. The lowest BCUT2D eigenvalue weighted by Gasteiger charge is -2.36. The molecule has 2 saturated heterocycles. The number of ether oxygens (including phenoxy) is 3. The smallest absolute Gasteiger partial charge is 0.263 e. The highest BCUT2D eigenvalue weighted by Crippen LogP contribution is 2.27. The van der Waals surface area contributed by atoms with Gasteiger partial charge in [-0.1, -0.05) is 26.0 Å². The monoisotopic (exact) mass is 358 g/mol. The molecule has 1 unspecified atom stereocenters. The molecule has 0 radical (unpaired) electrons. The zero-order chi connectivity index (χ0) is 18.5. The number of amides is 1. The van der Waals surface area contributed by atoms with E-state index < -0.39 is 6.10 Å². The summed E-state index contributed by atoms with van der Waals surface area (Å²) >= 11 is 0. The van der Waals surface area contributed by atoms with Gasteiger partial charge in [0.05, 0.1) is 18.8 Å². The average Bonchev–Trinajstić information content (AvgIpc) is 3.20. The van der Waals surface area contributed by atoms with Gasteiger partial charge in [-0.25, -0.2) is 0 Å². The molecule has 1 atom stereocenters. The number of likely N-dealkylation sites (tertiary alicyclic amines) is 1. The van der Waals surface area contributed by atoms with Gasteiger partial charge in [-0.3, -0.25) is 4.79 Å². The Morgan fingerprint density at radius 3 is 2.50 bits per heavy atom. The van der Waals surface area contributed by atoms with Crippen molar-refractivity contribution < 1.29 is 19.0 Å². The molecule has 0 aromatic heterocycles. The fourth-order valence-electron chi connectivity index (χ4n) is 3.49. The predicted octanol–water partition coefficient (Wildman–Crippen LogP) is 2.57. The quantitative estimate of drug-likeness (QED) is 0.809. The van der Waals surface area contributed by atoms with Crippen LogP contribution in [0.4, 0.5) is 0 Å². The highest BCUT2D eigenvalue weighted by Gasteiger charge is 2.35. The van der Waals surface area contributed by atoms with Crippen LogP contribution < -0.4 is 4.74 Å². The normalized spacial score (nSPS) is 20.2. The maximum Gasteiger partial charge on any atom is 0.263 e. The van der Waals surface area contributed by atoms with E-state index in [1.54, 1.807) is 18.2 Å². The van der Waals surface area contributed by atoms with Gasteiger partial charge >= 0.3 is 0 Å². The summed E-state index contributed by atoms with van der Waals surface area (Å²) in [6.45, 7) is 6.60. The van der Waals surface area contributed by atoms with Crippen LogP contribution >= 0.6 is 0 Å². The minimum absolute atomic E-state index is 0.00784. The lowest BCUT2D eigenvalue weighted by Crippen LogP contribution is -2.49. The third-order valence-electron chi connectivity index (χ3n) is 4.99. The number of hydrogen-bond donors (Lipinski definition) is 0. The molecule has 0 aliphatic carbocycles.